The van der Waals surface area contributed by atoms with E-state index in [0.29, 0.717) is 13.1 Å². The Balaban J connectivity index is 4.16. The molecule has 0 radical (unpaired) electrons. The molecular formula is C12H26N2O3. The van der Waals surface area contributed by atoms with E-state index in [1.54, 1.807) is 0 Å². The fourth-order valence-corrected chi connectivity index (χ4v) is 1.35. The summed E-state index contributed by atoms with van der Waals surface area (Å²) < 4.78 is 5.25. The van der Waals surface area contributed by atoms with Gasteiger partial charge < -0.3 is 20.5 Å². The Hall–Kier alpha value is -0.810. The van der Waals surface area contributed by atoms with Gasteiger partial charge in [0.05, 0.1) is 6.61 Å². The van der Waals surface area contributed by atoms with Crippen molar-refractivity contribution in [3.05, 3.63) is 0 Å². The van der Waals surface area contributed by atoms with Crippen LogP contribution in [0, 0.1) is 0 Å². The number of hydrogen-bond acceptors (Lipinski definition) is 4. The van der Waals surface area contributed by atoms with Crippen LogP contribution in [0.4, 0.5) is 4.79 Å². The van der Waals surface area contributed by atoms with Crippen molar-refractivity contribution >= 4 is 6.09 Å². The number of carbonyl (C=O) groups is 1. The van der Waals surface area contributed by atoms with Crippen LogP contribution in [0.25, 0.3) is 0 Å². The molecule has 0 rings (SSSR count). The Morgan fingerprint density at radius 3 is 2.41 bits per heavy atom. The van der Waals surface area contributed by atoms with E-state index in [9.17, 15) is 4.79 Å². The van der Waals surface area contributed by atoms with Crippen LogP contribution in [0.15, 0.2) is 0 Å². The van der Waals surface area contributed by atoms with Gasteiger partial charge in [0.2, 0.25) is 0 Å². The molecule has 1 atom stereocenters. The zero-order valence-electron chi connectivity index (χ0n) is 11.4. The lowest BCUT2D eigenvalue weighted by atomic mass is 10.2. The lowest BCUT2D eigenvalue weighted by Gasteiger charge is -2.27. The van der Waals surface area contributed by atoms with Gasteiger partial charge in [-0.15, -0.1) is 0 Å². The summed E-state index contributed by atoms with van der Waals surface area (Å²) in [6.45, 7) is 8.21. The van der Waals surface area contributed by atoms with Gasteiger partial charge in [0.15, 0.2) is 0 Å². The highest BCUT2D eigenvalue weighted by Crippen LogP contribution is 2.10. The molecule has 3 N–H and O–H groups in total. The first-order valence-electron chi connectivity index (χ1n) is 6.10. The number of nitrogens with zero attached hydrogens (tertiary/aromatic N) is 1. The van der Waals surface area contributed by atoms with E-state index < -0.39 is 5.60 Å². The highest BCUT2D eigenvalue weighted by molar-refractivity contribution is 5.68. The van der Waals surface area contributed by atoms with E-state index in [2.05, 4.69) is 0 Å². The maximum Gasteiger partial charge on any atom is 0.410 e. The van der Waals surface area contributed by atoms with Crippen LogP contribution < -0.4 is 5.73 Å². The average molecular weight is 246 g/mol. The van der Waals surface area contributed by atoms with Crippen molar-refractivity contribution in [1.82, 2.24) is 4.90 Å². The van der Waals surface area contributed by atoms with E-state index in [1.807, 2.05) is 27.7 Å². The minimum atomic E-state index is -0.508. The topological polar surface area (TPSA) is 75.8 Å². The first kappa shape index (κ1) is 16.2. The fraction of sp³-hybridized carbons (Fsp3) is 0.917. The quantitative estimate of drug-likeness (QED) is 0.741. The first-order chi connectivity index (χ1) is 7.76. The van der Waals surface area contributed by atoms with Crippen molar-refractivity contribution < 1.29 is 14.6 Å². The standard InChI is InChI=1S/C12H26N2O3/c1-10(13)6-5-7-14(8-9-15)11(16)17-12(2,3)4/h10,15H,5-9,13H2,1-4H3. The van der Waals surface area contributed by atoms with Gasteiger partial charge in [0.1, 0.15) is 5.60 Å². The molecule has 0 heterocycles. The van der Waals surface area contributed by atoms with Crippen LogP contribution in [0.3, 0.4) is 0 Å². The summed E-state index contributed by atoms with van der Waals surface area (Å²) in [7, 11) is 0. The predicted molar refractivity (Wildman–Crippen MR) is 67.8 cm³/mol. The summed E-state index contributed by atoms with van der Waals surface area (Å²) in [6.07, 6.45) is 1.29. The van der Waals surface area contributed by atoms with Gasteiger partial charge in [-0.3, -0.25) is 0 Å². The molecule has 0 saturated heterocycles. The molecular weight excluding hydrogens is 220 g/mol. The lowest BCUT2D eigenvalue weighted by Crippen LogP contribution is -2.39. The molecule has 0 aromatic carbocycles. The summed E-state index contributed by atoms with van der Waals surface area (Å²) in [5.74, 6) is 0. The Morgan fingerprint density at radius 2 is 2.00 bits per heavy atom. The lowest BCUT2D eigenvalue weighted by molar-refractivity contribution is 0.0215. The fourth-order valence-electron chi connectivity index (χ4n) is 1.35. The third-order valence-electron chi connectivity index (χ3n) is 2.11. The van der Waals surface area contributed by atoms with E-state index in [4.69, 9.17) is 15.6 Å². The monoisotopic (exact) mass is 246 g/mol. The molecule has 0 spiro atoms. The molecule has 0 aliphatic carbocycles. The van der Waals surface area contributed by atoms with Crippen LogP contribution in [0.1, 0.15) is 40.5 Å². The average Bonchev–Trinajstić information content (AvgIpc) is 2.13. The first-order valence-corrected chi connectivity index (χ1v) is 6.10. The second kappa shape index (κ2) is 7.50. The van der Waals surface area contributed by atoms with Gasteiger partial charge in [0, 0.05) is 19.1 Å². The Bertz CT molecular complexity index is 224. The third kappa shape index (κ3) is 8.94. The van der Waals surface area contributed by atoms with Crippen LogP contribution >= 0.6 is 0 Å². The normalized spacial score (nSPS) is 13.3. The molecule has 0 aromatic rings. The van der Waals surface area contributed by atoms with Crippen LogP contribution in [-0.4, -0.2) is 47.4 Å². The van der Waals surface area contributed by atoms with Crippen molar-refractivity contribution in [2.45, 2.75) is 52.2 Å². The molecule has 0 aliphatic rings. The number of ether oxygens (including phenoxy) is 1. The van der Waals surface area contributed by atoms with Gasteiger partial charge in [-0.1, -0.05) is 0 Å². The Kier molecular flexibility index (Phi) is 7.15. The number of aliphatic hydroxyl groups excluding tert-OH is 1. The minimum absolute atomic E-state index is 0.0581. The molecule has 0 aliphatic heterocycles. The summed E-state index contributed by atoms with van der Waals surface area (Å²) >= 11 is 0. The third-order valence-corrected chi connectivity index (χ3v) is 2.11. The van der Waals surface area contributed by atoms with Crippen molar-refractivity contribution in [3.63, 3.8) is 0 Å². The maximum absolute atomic E-state index is 11.8. The smallest absolute Gasteiger partial charge is 0.410 e. The minimum Gasteiger partial charge on any atom is -0.444 e. The van der Waals surface area contributed by atoms with E-state index >= 15 is 0 Å². The summed E-state index contributed by atoms with van der Waals surface area (Å²) in [5.41, 5.74) is 5.14. The molecule has 1 unspecified atom stereocenters. The van der Waals surface area contributed by atoms with E-state index in [1.165, 1.54) is 4.90 Å². The number of rotatable bonds is 6. The summed E-state index contributed by atoms with van der Waals surface area (Å²) in [5, 5.41) is 8.92. The van der Waals surface area contributed by atoms with Crippen molar-refractivity contribution in [2.75, 3.05) is 19.7 Å². The van der Waals surface area contributed by atoms with Gasteiger partial charge in [0.25, 0.3) is 0 Å². The molecule has 1 amide bonds. The SMILES string of the molecule is CC(N)CCCN(CCO)C(=O)OC(C)(C)C. The van der Waals surface area contributed by atoms with Gasteiger partial charge in [-0.2, -0.15) is 0 Å². The molecule has 0 fully saturated rings. The van der Waals surface area contributed by atoms with Crippen molar-refractivity contribution in [2.24, 2.45) is 5.73 Å². The Morgan fingerprint density at radius 1 is 1.41 bits per heavy atom. The zero-order chi connectivity index (χ0) is 13.5. The molecule has 0 aromatic heterocycles. The second-order valence-corrected chi connectivity index (χ2v) is 5.31. The molecule has 5 nitrogen and oxygen atoms in total. The summed E-state index contributed by atoms with van der Waals surface area (Å²) in [4.78, 5) is 13.3. The molecule has 0 saturated carbocycles. The number of carbonyl (C=O) groups excluding carboxylic acids is 1. The van der Waals surface area contributed by atoms with Crippen LogP contribution in [0.5, 0.6) is 0 Å². The molecule has 17 heavy (non-hydrogen) atoms. The zero-order valence-corrected chi connectivity index (χ0v) is 11.4. The van der Waals surface area contributed by atoms with Crippen LogP contribution in [-0.2, 0) is 4.74 Å². The number of nitrogens with two attached hydrogens (primary N) is 1. The summed E-state index contributed by atoms with van der Waals surface area (Å²) in [6, 6.07) is 0.129. The van der Waals surface area contributed by atoms with Crippen molar-refractivity contribution in [1.29, 1.82) is 0 Å². The van der Waals surface area contributed by atoms with Gasteiger partial charge >= 0.3 is 6.09 Å². The van der Waals surface area contributed by atoms with Gasteiger partial charge in [-0.25, -0.2) is 4.79 Å². The number of hydrogen-bond donors (Lipinski definition) is 2. The van der Waals surface area contributed by atoms with E-state index in [0.717, 1.165) is 12.8 Å². The molecule has 5 heteroatoms. The number of amides is 1. The highest BCUT2D eigenvalue weighted by atomic mass is 16.6. The molecule has 0 bridgehead atoms. The van der Waals surface area contributed by atoms with E-state index in [-0.39, 0.29) is 18.7 Å². The Labute approximate surface area is 104 Å². The van der Waals surface area contributed by atoms with Gasteiger partial charge in [-0.05, 0) is 40.5 Å². The highest BCUT2D eigenvalue weighted by Gasteiger charge is 2.21. The maximum atomic E-state index is 11.8. The largest absolute Gasteiger partial charge is 0.444 e. The molecule has 102 valence electrons. The second-order valence-electron chi connectivity index (χ2n) is 5.31. The predicted octanol–water partition coefficient (Wildman–Crippen LogP) is 1.34. The van der Waals surface area contributed by atoms with Crippen molar-refractivity contribution in [3.8, 4) is 0 Å². The van der Waals surface area contributed by atoms with Crippen LogP contribution in [0.2, 0.25) is 0 Å². The number of aliphatic hydroxyl groups is 1.